The minimum atomic E-state index is -0.329. The summed E-state index contributed by atoms with van der Waals surface area (Å²) in [6, 6.07) is 0. The number of hydrogen-bond donors (Lipinski definition) is 0. The predicted octanol–water partition coefficient (Wildman–Crippen LogP) is 1.01. The fraction of sp³-hybridized carbons (Fsp3) is 0.889. The Morgan fingerprint density at radius 1 is 1.38 bits per heavy atom. The van der Waals surface area contributed by atoms with E-state index in [0.717, 1.165) is 0 Å². The summed E-state index contributed by atoms with van der Waals surface area (Å²) in [4.78, 5) is 13.2. The summed E-state index contributed by atoms with van der Waals surface area (Å²) >= 11 is 0. The molecule has 4 nitrogen and oxygen atoms in total. The van der Waals surface area contributed by atoms with Crippen molar-refractivity contribution in [3.63, 3.8) is 0 Å². The molecule has 2 fully saturated rings. The van der Waals surface area contributed by atoms with Crippen LogP contribution in [-0.4, -0.2) is 41.9 Å². The predicted molar refractivity (Wildman–Crippen MR) is 46.5 cm³/mol. The fourth-order valence-corrected chi connectivity index (χ4v) is 1.62. The van der Waals surface area contributed by atoms with Gasteiger partial charge in [0, 0.05) is 5.54 Å². The summed E-state index contributed by atoms with van der Waals surface area (Å²) in [5.41, 5.74) is -0.486. The zero-order valence-corrected chi connectivity index (χ0v) is 8.29. The van der Waals surface area contributed by atoms with Gasteiger partial charge in [0.2, 0.25) is 0 Å². The van der Waals surface area contributed by atoms with Crippen molar-refractivity contribution < 1.29 is 14.3 Å². The molecular formula is C9H15NO3. The lowest BCUT2D eigenvalue weighted by Crippen LogP contribution is -2.54. The SMILES string of the molecule is CC(C)(C)N1CC2(COC2)OC1=O. The highest BCUT2D eigenvalue weighted by molar-refractivity contribution is 5.71. The van der Waals surface area contributed by atoms with Gasteiger partial charge in [-0.1, -0.05) is 0 Å². The smallest absolute Gasteiger partial charge is 0.411 e. The zero-order chi connectivity index (χ0) is 9.69. The average Bonchev–Trinajstić information content (AvgIpc) is 2.24. The van der Waals surface area contributed by atoms with E-state index in [1.165, 1.54) is 0 Å². The van der Waals surface area contributed by atoms with Gasteiger partial charge < -0.3 is 9.47 Å². The summed E-state index contributed by atoms with van der Waals surface area (Å²) in [6.45, 7) is 7.78. The second-order valence-electron chi connectivity index (χ2n) is 4.80. The normalized spacial score (nSPS) is 26.1. The van der Waals surface area contributed by atoms with Crippen molar-refractivity contribution in [1.29, 1.82) is 0 Å². The van der Waals surface area contributed by atoms with Crippen molar-refractivity contribution in [1.82, 2.24) is 4.90 Å². The molecule has 13 heavy (non-hydrogen) atoms. The minimum absolute atomic E-state index is 0.157. The van der Waals surface area contributed by atoms with Crippen molar-refractivity contribution in [3.8, 4) is 0 Å². The van der Waals surface area contributed by atoms with Crippen LogP contribution in [0.25, 0.3) is 0 Å². The highest BCUT2D eigenvalue weighted by Gasteiger charge is 2.53. The van der Waals surface area contributed by atoms with Crippen molar-refractivity contribution in [2.75, 3.05) is 19.8 Å². The first kappa shape index (κ1) is 8.81. The molecule has 2 heterocycles. The maximum Gasteiger partial charge on any atom is 0.411 e. The number of carbonyl (C=O) groups excluding carboxylic acids is 1. The number of ether oxygens (including phenoxy) is 2. The van der Waals surface area contributed by atoms with Gasteiger partial charge >= 0.3 is 6.09 Å². The van der Waals surface area contributed by atoms with Crippen LogP contribution in [0, 0.1) is 0 Å². The molecule has 2 rings (SSSR count). The quantitative estimate of drug-likeness (QED) is 0.565. The Balaban J connectivity index is 2.12. The molecule has 4 heteroatoms. The molecule has 1 amide bonds. The van der Waals surface area contributed by atoms with E-state index in [9.17, 15) is 4.79 Å². The second-order valence-corrected chi connectivity index (χ2v) is 4.80. The highest BCUT2D eigenvalue weighted by atomic mass is 16.6. The molecule has 0 radical (unpaired) electrons. The molecule has 0 saturated carbocycles. The molecule has 0 atom stereocenters. The number of carbonyl (C=O) groups is 1. The Morgan fingerprint density at radius 3 is 2.23 bits per heavy atom. The third kappa shape index (κ3) is 1.29. The largest absolute Gasteiger partial charge is 0.436 e. The van der Waals surface area contributed by atoms with Gasteiger partial charge in [-0.25, -0.2) is 4.79 Å². The van der Waals surface area contributed by atoms with Gasteiger partial charge in [0.05, 0.1) is 19.8 Å². The van der Waals surface area contributed by atoms with E-state index in [-0.39, 0.29) is 17.2 Å². The minimum Gasteiger partial charge on any atom is -0.436 e. The van der Waals surface area contributed by atoms with Crippen LogP contribution in [-0.2, 0) is 9.47 Å². The number of rotatable bonds is 0. The maximum absolute atomic E-state index is 11.5. The van der Waals surface area contributed by atoms with Gasteiger partial charge in [-0.05, 0) is 20.8 Å². The summed E-state index contributed by atoms with van der Waals surface area (Å²) in [7, 11) is 0. The summed E-state index contributed by atoms with van der Waals surface area (Å²) in [5, 5.41) is 0. The van der Waals surface area contributed by atoms with Gasteiger partial charge in [-0.2, -0.15) is 0 Å². The molecule has 2 saturated heterocycles. The first-order valence-corrected chi connectivity index (χ1v) is 4.51. The summed E-state index contributed by atoms with van der Waals surface area (Å²) in [5.74, 6) is 0. The Kier molecular flexibility index (Phi) is 1.61. The van der Waals surface area contributed by atoms with Crippen molar-refractivity contribution in [2.45, 2.75) is 31.9 Å². The van der Waals surface area contributed by atoms with Gasteiger partial charge in [0.25, 0.3) is 0 Å². The summed E-state index contributed by atoms with van der Waals surface area (Å²) in [6.07, 6.45) is -0.212. The van der Waals surface area contributed by atoms with Crippen molar-refractivity contribution in [3.05, 3.63) is 0 Å². The Hall–Kier alpha value is -0.770. The lowest BCUT2D eigenvalue weighted by Gasteiger charge is -2.36. The van der Waals surface area contributed by atoms with Crippen LogP contribution in [0.4, 0.5) is 4.79 Å². The molecular weight excluding hydrogens is 170 g/mol. The van der Waals surface area contributed by atoms with Gasteiger partial charge in [0.15, 0.2) is 5.60 Å². The third-order valence-electron chi connectivity index (χ3n) is 2.51. The maximum atomic E-state index is 11.5. The molecule has 0 aromatic heterocycles. The van der Waals surface area contributed by atoms with Crippen LogP contribution in [0.15, 0.2) is 0 Å². The molecule has 0 aliphatic carbocycles. The number of hydrogen-bond acceptors (Lipinski definition) is 3. The number of nitrogens with zero attached hydrogens (tertiary/aromatic N) is 1. The van der Waals surface area contributed by atoms with Crippen LogP contribution < -0.4 is 0 Å². The first-order valence-electron chi connectivity index (χ1n) is 4.51. The Labute approximate surface area is 77.8 Å². The van der Waals surface area contributed by atoms with Crippen LogP contribution in [0.2, 0.25) is 0 Å². The van der Waals surface area contributed by atoms with E-state index in [1.807, 2.05) is 20.8 Å². The molecule has 0 N–H and O–H groups in total. The van der Waals surface area contributed by atoms with Crippen molar-refractivity contribution in [2.24, 2.45) is 0 Å². The molecule has 0 aromatic carbocycles. The molecule has 0 aromatic rings. The van der Waals surface area contributed by atoms with Crippen LogP contribution >= 0.6 is 0 Å². The Morgan fingerprint density at radius 2 is 2.00 bits per heavy atom. The van der Waals surface area contributed by atoms with Crippen LogP contribution in [0.1, 0.15) is 20.8 Å². The lowest BCUT2D eigenvalue weighted by atomic mass is 10.00. The topological polar surface area (TPSA) is 38.8 Å². The molecule has 74 valence electrons. The average molecular weight is 185 g/mol. The van der Waals surface area contributed by atoms with Gasteiger partial charge in [0.1, 0.15) is 0 Å². The van der Waals surface area contributed by atoms with E-state index in [0.29, 0.717) is 19.8 Å². The highest BCUT2D eigenvalue weighted by Crippen LogP contribution is 2.33. The van der Waals surface area contributed by atoms with Crippen LogP contribution in [0.5, 0.6) is 0 Å². The van der Waals surface area contributed by atoms with E-state index < -0.39 is 0 Å². The third-order valence-corrected chi connectivity index (χ3v) is 2.51. The number of amides is 1. The molecule has 0 bridgehead atoms. The van der Waals surface area contributed by atoms with E-state index in [2.05, 4.69) is 0 Å². The van der Waals surface area contributed by atoms with E-state index in [1.54, 1.807) is 4.90 Å². The van der Waals surface area contributed by atoms with E-state index >= 15 is 0 Å². The second kappa shape index (κ2) is 2.38. The zero-order valence-electron chi connectivity index (χ0n) is 8.29. The standard InChI is InChI=1S/C9H15NO3/c1-8(2,3)10-4-9(5-12-6-9)13-7(10)11/h4-6H2,1-3H3. The van der Waals surface area contributed by atoms with Crippen molar-refractivity contribution >= 4 is 6.09 Å². The first-order chi connectivity index (χ1) is 5.93. The van der Waals surface area contributed by atoms with E-state index in [4.69, 9.17) is 9.47 Å². The summed E-state index contributed by atoms with van der Waals surface area (Å²) < 4.78 is 10.4. The monoisotopic (exact) mass is 185 g/mol. The lowest BCUT2D eigenvalue weighted by molar-refractivity contribution is -0.157. The fourth-order valence-electron chi connectivity index (χ4n) is 1.62. The molecule has 1 spiro atoms. The Bertz CT molecular complexity index is 240. The molecule has 2 aliphatic rings. The van der Waals surface area contributed by atoms with Crippen LogP contribution in [0.3, 0.4) is 0 Å². The van der Waals surface area contributed by atoms with Gasteiger partial charge in [-0.3, -0.25) is 4.90 Å². The molecule has 2 aliphatic heterocycles. The van der Waals surface area contributed by atoms with Gasteiger partial charge in [-0.15, -0.1) is 0 Å². The molecule has 0 unspecified atom stereocenters.